The van der Waals surface area contributed by atoms with Crippen LogP contribution in [0, 0.1) is 6.92 Å². The van der Waals surface area contributed by atoms with Crippen LogP contribution in [0.5, 0.6) is 11.5 Å². The fourth-order valence-electron chi connectivity index (χ4n) is 2.20. The van der Waals surface area contributed by atoms with Gasteiger partial charge in [-0.15, -0.1) is 0 Å². The molecular formula is C20H24N2O4. The number of aryl methyl sites for hydroxylation is 1. The van der Waals surface area contributed by atoms with Crippen LogP contribution < -0.4 is 14.8 Å². The minimum absolute atomic E-state index is 0.0626. The van der Waals surface area contributed by atoms with Crippen LogP contribution in [0.25, 0.3) is 0 Å². The van der Waals surface area contributed by atoms with Crippen molar-refractivity contribution >= 4 is 11.8 Å². The molecule has 0 aromatic heterocycles. The third-order valence-electron chi connectivity index (χ3n) is 3.84. The maximum Gasteiger partial charge on any atom is 0.259 e. The van der Waals surface area contributed by atoms with Crippen molar-refractivity contribution in [3.63, 3.8) is 0 Å². The van der Waals surface area contributed by atoms with Crippen LogP contribution >= 0.6 is 0 Å². The third kappa shape index (κ3) is 5.24. The van der Waals surface area contributed by atoms with E-state index >= 15 is 0 Å². The summed E-state index contributed by atoms with van der Waals surface area (Å²) in [6.45, 7) is 2.27. The molecule has 2 aromatic carbocycles. The Balaban J connectivity index is 1.98. The van der Waals surface area contributed by atoms with E-state index in [2.05, 4.69) is 5.32 Å². The van der Waals surface area contributed by atoms with Crippen LogP contribution in [0.3, 0.4) is 0 Å². The highest BCUT2D eigenvalue weighted by Gasteiger charge is 2.11. The fourth-order valence-corrected chi connectivity index (χ4v) is 2.20. The molecule has 0 aliphatic heterocycles. The summed E-state index contributed by atoms with van der Waals surface area (Å²) in [5.74, 6) is 0.720. The normalized spacial score (nSPS) is 10.2. The van der Waals surface area contributed by atoms with Crippen LogP contribution in [0.15, 0.2) is 42.5 Å². The lowest BCUT2D eigenvalue weighted by atomic mass is 10.1. The molecule has 0 fully saturated rings. The number of amides is 2. The zero-order valence-corrected chi connectivity index (χ0v) is 15.5. The molecule has 2 aromatic rings. The average Bonchev–Trinajstić information content (AvgIpc) is 2.64. The number of likely N-dealkylation sites (N-methyl/N-ethyl adjacent to an activating group) is 1. The second-order valence-corrected chi connectivity index (χ2v) is 6.11. The van der Waals surface area contributed by atoms with Crippen molar-refractivity contribution in [1.82, 2.24) is 10.2 Å². The summed E-state index contributed by atoms with van der Waals surface area (Å²) in [6.07, 6.45) is 0. The van der Waals surface area contributed by atoms with E-state index in [1.54, 1.807) is 38.4 Å². The maximum absolute atomic E-state index is 12.2. The standard InChI is InChI=1S/C20H24N2O4/c1-14-5-8-16(9-6-14)20(24)21-12-15-7-10-17(18(11-15)25-4)26-13-19(23)22(2)3/h5-11H,12-13H2,1-4H3,(H,21,24). The van der Waals surface area contributed by atoms with Gasteiger partial charge in [0.05, 0.1) is 7.11 Å². The van der Waals surface area contributed by atoms with Crippen molar-refractivity contribution in [3.05, 3.63) is 59.2 Å². The van der Waals surface area contributed by atoms with Gasteiger partial charge in [-0.25, -0.2) is 0 Å². The van der Waals surface area contributed by atoms with E-state index in [0.717, 1.165) is 11.1 Å². The lowest BCUT2D eigenvalue weighted by Gasteiger charge is -2.14. The van der Waals surface area contributed by atoms with E-state index in [4.69, 9.17) is 9.47 Å². The Morgan fingerprint density at radius 2 is 1.73 bits per heavy atom. The second kappa shape index (κ2) is 8.89. The zero-order valence-electron chi connectivity index (χ0n) is 15.5. The highest BCUT2D eigenvalue weighted by Crippen LogP contribution is 2.28. The predicted octanol–water partition coefficient (Wildman–Crippen LogP) is 2.40. The Kier molecular flexibility index (Phi) is 6.60. The van der Waals surface area contributed by atoms with Gasteiger partial charge in [-0.1, -0.05) is 23.8 Å². The Labute approximate surface area is 153 Å². The van der Waals surface area contributed by atoms with Gasteiger partial charge in [-0.2, -0.15) is 0 Å². The molecule has 6 heteroatoms. The molecule has 0 aliphatic carbocycles. The summed E-state index contributed by atoms with van der Waals surface area (Å²) in [6, 6.07) is 12.7. The van der Waals surface area contributed by atoms with E-state index in [0.29, 0.717) is 23.6 Å². The van der Waals surface area contributed by atoms with Gasteiger partial charge in [-0.3, -0.25) is 9.59 Å². The molecule has 0 radical (unpaired) electrons. The molecule has 0 saturated carbocycles. The number of nitrogens with one attached hydrogen (secondary N) is 1. The molecule has 0 saturated heterocycles. The molecule has 0 unspecified atom stereocenters. The maximum atomic E-state index is 12.2. The van der Waals surface area contributed by atoms with Crippen LogP contribution in [-0.4, -0.2) is 44.5 Å². The quantitative estimate of drug-likeness (QED) is 0.827. The van der Waals surface area contributed by atoms with Gasteiger partial charge >= 0.3 is 0 Å². The van der Waals surface area contributed by atoms with Crippen LogP contribution in [0.1, 0.15) is 21.5 Å². The third-order valence-corrected chi connectivity index (χ3v) is 3.84. The molecule has 2 rings (SSSR count). The first-order valence-electron chi connectivity index (χ1n) is 8.25. The largest absolute Gasteiger partial charge is 0.493 e. The number of carbonyl (C=O) groups is 2. The highest BCUT2D eigenvalue weighted by atomic mass is 16.5. The summed E-state index contributed by atoms with van der Waals surface area (Å²) >= 11 is 0. The second-order valence-electron chi connectivity index (χ2n) is 6.11. The Morgan fingerprint density at radius 3 is 2.35 bits per heavy atom. The molecule has 0 bridgehead atoms. The zero-order chi connectivity index (χ0) is 19.1. The minimum Gasteiger partial charge on any atom is -0.493 e. The van der Waals surface area contributed by atoms with Crippen LogP contribution in [-0.2, 0) is 11.3 Å². The van der Waals surface area contributed by atoms with Crippen molar-refractivity contribution in [2.75, 3.05) is 27.8 Å². The Morgan fingerprint density at radius 1 is 1.04 bits per heavy atom. The minimum atomic E-state index is -0.138. The monoisotopic (exact) mass is 356 g/mol. The summed E-state index contributed by atoms with van der Waals surface area (Å²) in [4.78, 5) is 25.3. The number of nitrogens with zero attached hydrogens (tertiary/aromatic N) is 1. The molecule has 0 heterocycles. The SMILES string of the molecule is COc1cc(CNC(=O)c2ccc(C)cc2)ccc1OCC(=O)N(C)C. The molecular weight excluding hydrogens is 332 g/mol. The molecule has 0 spiro atoms. The highest BCUT2D eigenvalue weighted by molar-refractivity contribution is 5.94. The lowest BCUT2D eigenvalue weighted by molar-refractivity contribution is -0.130. The fraction of sp³-hybridized carbons (Fsp3) is 0.300. The van der Waals surface area contributed by atoms with Gasteiger partial charge in [0.15, 0.2) is 18.1 Å². The number of hydrogen-bond acceptors (Lipinski definition) is 4. The van der Waals surface area contributed by atoms with Crippen LogP contribution in [0.4, 0.5) is 0 Å². The number of hydrogen-bond donors (Lipinski definition) is 1. The van der Waals surface area contributed by atoms with Crippen molar-refractivity contribution in [1.29, 1.82) is 0 Å². The van der Waals surface area contributed by atoms with Crippen molar-refractivity contribution in [3.8, 4) is 11.5 Å². The molecule has 26 heavy (non-hydrogen) atoms. The van der Waals surface area contributed by atoms with Crippen molar-refractivity contribution in [2.24, 2.45) is 0 Å². The Hall–Kier alpha value is -3.02. The van der Waals surface area contributed by atoms with E-state index in [1.807, 2.05) is 25.1 Å². The smallest absolute Gasteiger partial charge is 0.259 e. The number of ether oxygens (including phenoxy) is 2. The number of carbonyl (C=O) groups excluding carboxylic acids is 2. The molecule has 0 aliphatic rings. The number of benzene rings is 2. The number of methoxy groups -OCH3 is 1. The Bertz CT molecular complexity index is 770. The van der Waals surface area contributed by atoms with Gasteiger partial charge in [0.1, 0.15) is 0 Å². The molecule has 6 nitrogen and oxygen atoms in total. The van der Waals surface area contributed by atoms with E-state index in [1.165, 1.54) is 12.0 Å². The van der Waals surface area contributed by atoms with Gasteiger partial charge in [0.25, 0.3) is 11.8 Å². The summed E-state index contributed by atoms with van der Waals surface area (Å²) in [5.41, 5.74) is 2.59. The first kappa shape index (κ1) is 19.3. The summed E-state index contributed by atoms with van der Waals surface area (Å²) in [7, 11) is 4.87. The molecule has 2 amide bonds. The first-order chi connectivity index (χ1) is 12.4. The average molecular weight is 356 g/mol. The molecule has 1 N–H and O–H groups in total. The van der Waals surface area contributed by atoms with Crippen LogP contribution in [0.2, 0.25) is 0 Å². The van der Waals surface area contributed by atoms with Gasteiger partial charge in [0.2, 0.25) is 0 Å². The van der Waals surface area contributed by atoms with Crippen molar-refractivity contribution in [2.45, 2.75) is 13.5 Å². The molecule has 138 valence electrons. The van der Waals surface area contributed by atoms with E-state index < -0.39 is 0 Å². The summed E-state index contributed by atoms with van der Waals surface area (Å²) in [5, 5.41) is 2.87. The first-order valence-corrected chi connectivity index (χ1v) is 8.25. The molecule has 0 atom stereocenters. The van der Waals surface area contributed by atoms with Gasteiger partial charge in [-0.05, 0) is 36.8 Å². The lowest BCUT2D eigenvalue weighted by Crippen LogP contribution is -2.27. The number of rotatable bonds is 7. The predicted molar refractivity (Wildman–Crippen MR) is 99.5 cm³/mol. The van der Waals surface area contributed by atoms with Gasteiger partial charge in [0, 0.05) is 26.2 Å². The van der Waals surface area contributed by atoms with Gasteiger partial charge < -0.3 is 19.7 Å². The topological polar surface area (TPSA) is 67.9 Å². The summed E-state index contributed by atoms with van der Waals surface area (Å²) < 4.78 is 10.8. The van der Waals surface area contributed by atoms with E-state index in [9.17, 15) is 9.59 Å². The van der Waals surface area contributed by atoms with E-state index in [-0.39, 0.29) is 18.4 Å². The van der Waals surface area contributed by atoms with Crippen molar-refractivity contribution < 1.29 is 19.1 Å².